The smallest absolute Gasteiger partial charge is 0.245 e. The maximum Gasteiger partial charge on any atom is 0.245 e. The Hall–Kier alpha value is -3.10. The molecule has 1 aliphatic heterocycles. The molecule has 10 heteroatoms. The van der Waals surface area contributed by atoms with Gasteiger partial charge in [-0.1, -0.05) is 29.8 Å². The molecular weight excluding hydrogens is 518 g/mol. The minimum absolute atomic E-state index is 0.00328. The summed E-state index contributed by atoms with van der Waals surface area (Å²) in [7, 11) is 0. The van der Waals surface area contributed by atoms with Crippen molar-refractivity contribution in [1.29, 1.82) is 0 Å². The largest absolute Gasteiger partial charge is 0.486 e. The molecule has 1 saturated heterocycles. The minimum Gasteiger partial charge on any atom is -0.486 e. The summed E-state index contributed by atoms with van der Waals surface area (Å²) in [6.07, 6.45) is 6.69. The van der Waals surface area contributed by atoms with Crippen molar-refractivity contribution >= 4 is 51.5 Å². The number of aromatic nitrogens is 2. The van der Waals surface area contributed by atoms with Crippen molar-refractivity contribution in [1.82, 2.24) is 14.9 Å². The molecule has 3 fully saturated rings. The van der Waals surface area contributed by atoms with Crippen LogP contribution in [0.5, 0.6) is 11.5 Å². The van der Waals surface area contributed by atoms with Gasteiger partial charge in [-0.05, 0) is 61.8 Å². The van der Waals surface area contributed by atoms with Gasteiger partial charge < -0.3 is 19.7 Å². The first-order chi connectivity index (χ1) is 17.9. The predicted octanol–water partition coefficient (Wildman–Crippen LogP) is 6.16. The number of likely N-dealkylation sites (tertiary alicyclic amines) is 1. The lowest BCUT2D eigenvalue weighted by molar-refractivity contribution is -0.125. The third-order valence-electron chi connectivity index (χ3n) is 7.29. The molecule has 3 aliphatic rings. The molecule has 0 bridgehead atoms. The van der Waals surface area contributed by atoms with E-state index in [1.54, 1.807) is 0 Å². The number of nitrogens with zero attached hydrogens (tertiary/aromatic N) is 3. The molecule has 3 aromatic rings. The van der Waals surface area contributed by atoms with Crippen LogP contribution in [-0.2, 0) is 4.79 Å². The van der Waals surface area contributed by atoms with Gasteiger partial charge in [0.25, 0.3) is 0 Å². The Kier molecular flexibility index (Phi) is 6.32. The molecule has 1 unspecified atom stereocenters. The molecule has 0 radical (unpaired) electrons. The third-order valence-corrected chi connectivity index (χ3v) is 8.08. The summed E-state index contributed by atoms with van der Waals surface area (Å²) in [5.41, 5.74) is 0.792. The summed E-state index contributed by atoms with van der Waals surface area (Å²) in [6, 6.07) is 6.74. The summed E-state index contributed by atoms with van der Waals surface area (Å²) in [5.74, 6) is 1.79. The second-order valence-electron chi connectivity index (χ2n) is 9.88. The Labute approximate surface area is 223 Å². The Morgan fingerprint density at radius 3 is 2.49 bits per heavy atom. The number of amides is 1. The van der Waals surface area contributed by atoms with Crippen molar-refractivity contribution in [3.8, 4) is 11.5 Å². The number of carbonyl (C=O) groups excluding carboxylic acids is 1. The van der Waals surface area contributed by atoms with Crippen molar-refractivity contribution in [3.05, 3.63) is 59.1 Å². The van der Waals surface area contributed by atoms with Crippen LogP contribution in [0.1, 0.15) is 25.7 Å². The van der Waals surface area contributed by atoms with Crippen molar-refractivity contribution in [3.63, 3.8) is 0 Å². The van der Waals surface area contributed by atoms with E-state index in [0.717, 1.165) is 38.8 Å². The van der Waals surface area contributed by atoms with Gasteiger partial charge in [0.2, 0.25) is 5.91 Å². The maximum absolute atomic E-state index is 14.7. The SMILES string of the molecule is C=CC(=O)N1C[C@H]2CC(Oc3cc4c(Nc5ccc(Cl)c(Cl)c5F)ncnc4cc3OC3CC3)C[C@H]2C1. The molecule has 2 saturated carbocycles. The van der Waals surface area contributed by atoms with Gasteiger partial charge in [0.05, 0.1) is 33.5 Å². The molecule has 0 spiro atoms. The van der Waals surface area contributed by atoms with Crippen LogP contribution in [-0.4, -0.2) is 46.1 Å². The predicted molar refractivity (Wildman–Crippen MR) is 140 cm³/mol. The molecule has 1 amide bonds. The Morgan fingerprint density at radius 2 is 1.78 bits per heavy atom. The zero-order chi connectivity index (χ0) is 25.7. The normalized spacial score (nSPS) is 22.7. The molecule has 2 aliphatic carbocycles. The van der Waals surface area contributed by atoms with E-state index in [-0.39, 0.29) is 33.8 Å². The summed E-state index contributed by atoms with van der Waals surface area (Å²) >= 11 is 11.9. The van der Waals surface area contributed by atoms with E-state index in [4.69, 9.17) is 32.7 Å². The zero-order valence-corrected chi connectivity index (χ0v) is 21.4. The molecule has 1 N–H and O–H groups in total. The van der Waals surface area contributed by atoms with Crippen LogP contribution in [0, 0.1) is 17.7 Å². The molecule has 7 nitrogen and oxygen atoms in total. The van der Waals surface area contributed by atoms with Crippen LogP contribution < -0.4 is 14.8 Å². The van der Waals surface area contributed by atoms with Gasteiger partial charge in [-0.2, -0.15) is 0 Å². The van der Waals surface area contributed by atoms with Crippen LogP contribution >= 0.6 is 23.2 Å². The first-order valence-corrected chi connectivity index (χ1v) is 13.1. The highest BCUT2D eigenvalue weighted by molar-refractivity contribution is 6.42. The van der Waals surface area contributed by atoms with Crippen LogP contribution in [0.3, 0.4) is 0 Å². The van der Waals surface area contributed by atoms with E-state index in [0.29, 0.717) is 40.1 Å². The minimum atomic E-state index is -0.660. The van der Waals surface area contributed by atoms with Gasteiger partial charge in [0.1, 0.15) is 12.1 Å². The number of benzene rings is 2. The lowest BCUT2D eigenvalue weighted by atomic mass is 10.0. The van der Waals surface area contributed by atoms with E-state index in [1.807, 2.05) is 17.0 Å². The molecule has 2 heterocycles. The first-order valence-electron chi connectivity index (χ1n) is 12.3. The number of fused-ring (bicyclic) bond motifs is 2. The standard InChI is InChI=1S/C27H25Cl2FN4O3/c1-2-24(35)34-11-14-7-17(8-15(14)12-34)37-22-9-18-21(10-23(22)36-16-3-4-16)31-13-32-27(18)33-20-6-5-19(28)25(29)26(20)30/h2,5-6,9-10,13-17H,1,3-4,7-8,11-12H2,(H,31,32,33)/t14-,15+,17?. The van der Waals surface area contributed by atoms with Gasteiger partial charge >= 0.3 is 0 Å². The van der Waals surface area contributed by atoms with Crippen LogP contribution in [0.25, 0.3) is 10.9 Å². The topological polar surface area (TPSA) is 76.6 Å². The number of rotatable bonds is 7. The van der Waals surface area contributed by atoms with Gasteiger partial charge in [-0.3, -0.25) is 4.79 Å². The van der Waals surface area contributed by atoms with E-state index in [9.17, 15) is 9.18 Å². The third kappa shape index (κ3) is 4.80. The fourth-order valence-electron chi connectivity index (χ4n) is 5.29. The van der Waals surface area contributed by atoms with Crippen molar-refractivity contribution in [2.24, 2.45) is 11.8 Å². The highest BCUT2D eigenvalue weighted by Gasteiger charge is 2.43. The quantitative estimate of drug-likeness (QED) is 0.284. The molecule has 192 valence electrons. The average Bonchev–Trinajstić information content (AvgIpc) is 3.50. The number of halogens is 3. The molecule has 2 aromatic carbocycles. The van der Waals surface area contributed by atoms with Gasteiger partial charge in [0.15, 0.2) is 17.3 Å². The average molecular weight is 543 g/mol. The number of hydrogen-bond acceptors (Lipinski definition) is 6. The summed E-state index contributed by atoms with van der Waals surface area (Å²) in [6.45, 7) is 5.06. The number of ether oxygens (including phenoxy) is 2. The highest BCUT2D eigenvalue weighted by Crippen LogP contribution is 2.44. The van der Waals surface area contributed by atoms with E-state index in [1.165, 1.54) is 24.5 Å². The fourth-order valence-corrected chi connectivity index (χ4v) is 5.60. The van der Waals surface area contributed by atoms with Crippen molar-refractivity contribution < 1.29 is 18.7 Å². The zero-order valence-electron chi connectivity index (χ0n) is 19.9. The van der Waals surface area contributed by atoms with Crippen LogP contribution in [0.4, 0.5) is 15.9 Å². The second-order valence-corrected chi connectivity index (χ2v) is 10.7. The fraction of sp³-hybridized carbons (Fsp3) is 0.370. The lowest BCUT2D eigenvalue weighted by Crippen LogP contribution is -2.29. The summed E-state index contributed by atoms with van der Waals surface area (Å²) in [4.78, 5) is 22.6. The van der Waals surface area contributed by atoms with Crippen molar-refractivity contribution in [2.75, 3.05) is 18.4 Å². The van der Waals surface area contributed by atoms with E-state index < -0.39 is 5.82 Å². The van der Waals surface area contributed by atoms with E-state index in [2.05, 4.69) is 21.9 Å². The van der Waals surface area contributed by atoms with Gasteiger partial charge in [-0.25, -0.2) is 14.4 Å². The van der Waals surface area contributed by atoms with Gasteiger partial charge in [0, 0.05) is 24.5 Å². The number of hydrogen-bond donors (Lipinski definition) is 1. The first kappa shape index (κ1) is 24.2. The molecular formula is C27H25Cl2FN4O3. The molecule has 37 heavy (non-hydrogen) atoms. The van der Waals surface area contributed by atoms with Crippen LogP contribution in [0.2, 0.25) is 10.0 Å². The Morgan fingerprint density at radius 1 is 1.08 bits per heavy atom. The number of carbonyl (C=O) groups is 1. The number of nitrogens with one attached hydrogen (secondary N) is 1. The van der Waals surface area contributed by atoms with Crippen molar-refractivity contribution in [2.45, 2.75) is 37.9 Å². The maximum atomic E-state index is 14.7. The monoisotopic (exact) mass is 542 g/mol. The molecule has 1 aromatic heterocycles. The second kappa shape index (κ2) is 9.65. The molecule has 3 atom stereocenters. The number of anilines is 2. The summed E-state index contributed by atoms with van der Waals surface area (Å²) < 4.78 is 27.4. The van der Waals surface area contributed by atoms with Gasteiger partial charge in [-0.15, -0.1) is 0 Å². The lowest BCUT2D eigenvalue weighted by Gasteiger charge is -2.21. The molecule has 6 rings (SSSR count). The van der Waals surface area contributed by atoms with E-state index >= 15 is 0 Å². The van der Waals surface area contributed by atoms with Crippen LogP contribution in [0.15, 0.2) is 43.2 Å². The highest BCUT2D eigenvalue weighted by atomic mass is 35.5. The Bertz CT molecular complexity index is 1390. The summed E-state index contributed by atoms with van der Waals surface area (Å²) in [5, 5.41) is 3.65. The Balaban J connectivity index is 1.28.